The fourth-order valence-electron chi connectivity index (χ4n) is 4.17. The van der Waals surface area contributed by atoms with Crippen molar-refractivity contribution in [3.63, 3.8) is 0 Å². The van der Waals surface area contributed by atoms with Crippen LogP contribution in [-0.4, -0.2) is 44.2 Å². The van der Waals surface area contributed by atoms with Crippen molar-refractivity contribution in [2.24, 2.45) is 0 Å². The normalized spacial score (nSPS) is 16.4. The first kappa shape index (κ1) is 25.5. The molecule has 3 aromatic rings. The zero-order chi connectivity index (χ0) is 25.9. The second kappa shape index (κ2) is 10.6. The Balaban J connectivity index is 1.54. The van der Waals surface area contributed by atoms with Crippen molar-refractivity contribution in [1.82, 2.24) is 4.31 Å². The molecule has 0 radical (unpaired) electrons. The molecular formula is C27H26FNO6S. The zero-order valence-corrected chi connectivity index (χ0v) is 20.8. The SMILES string of the molecule is COc1ccc(C(=O)Oc2ccc(C(=O)c3ccc(F)cc3)cc2)cc1S(=O)(=O)N1CCCC[C@@H]1C. The molecule has 0 aromatic heterocycles. The van der Waals surface area contributed by atoms with Crippen LogP contribution in [0.4, 0.5) is 4.39 Å². The zero-order valence-electron chi connectivity index (χ0n) is 19.9. The number of hydrogen-bond acceptors (Lipinski definition) is 6. The van der Waals surface area contributed by atoms with E-state index in [1.807, 2.05) is 6.92 Å². The van der Waals surface area contributed by atoms with Gasteiger partial charge in [-0.2, -0.15) is 4.31 Å². The van der Waals surface area contributed by atoms with E-state index in [0.717, 1.165) is 19.3 Å². The Morgan fingerprint density at radius 3 is 2.14 bits per heavy atom. The van der Waals surface area contributed by atoms with Crippen LogP contribution in [0, 0.1) is 5.82 Å². The summed E-state index contributed by atoms with van der Waals surface area (Å²) in [6.07, 6.45) is 2.50. The van der Waals surface area contributed by atoms with Gasteiger partial charge in [0.2, 0.25) is 10.0 Å². The van der Waals surface area contributed by atoms with E-state index >= 15 is 0 Å². The first-order valence-electron chi connectivity index (χ1n) is 11.5. The Kier molecular flexibility index (Phi) is 7.51. The van der Waals surface area contributed by atoms with Gasteiger partial charge in [0.05, 0.1) is 12.7 Å². The van der Waals surface area contributed by atoms with Crippen molar-refractivity contribution in [1.29, 1.82) is 0 Å². The Bertz CT molecular complexity index is 1370. The standard InChI is InChI=1S/C27H26FNO6S/c1-18-5-3-4-16-29(18)36(32,33)25-17-21(10-15-24(25)34-2)27(31)35-23-13-8-20(9-14-23)26(30)19-6-11-22(28)12-7-19/h6-15,17-18H,3-5,16H2,1-2H3/t18-/m0/s1. The molecule has 0 aliphatic carbocycles. The second-order valence-electron chi connectivity index (χ2n) is 8.58. The summed E-state index contributed by atoms with van der Waals surface area (Å²) in [6.45, 7) is 2.27. The van der Waals surface area contributed by atoms with Gasteiger partial charge in [-0.25, -0.2) is 17.6 Å². The molecule has 188 valence electrons. The van der Waals surface area contributed by atoms with Gasteiger partial charge in [0.1, 0.15) is 22.2 Å². The van der Waals surface area contributed by atoms with Gasteiger partial charge in [0, 0.05) is 23.7 Å². The molecule has 0 unspecified atom stereocenters. The summed E-state index contributed by atoms with van der Waals surface area (Å²) < 4.78 is 52.0. The van der Waals surface area contributed by atoms with Crippen LogP contribution in [0.2, 0.25) is 0 Å². The van der Waals surface area contributed by atoms with Crippen LogP contribution in [0.3, 0.4) is 0 Å². The van der Waals surface area contributed by atoms with Crippen molar-refractivity contribution in [3.05, 3.63) is 89.2 Å². The fourth-order valence-corrected chi connectivity index (χ4v) is 6.05. The van der Waals surface area contributed by atoms with Gasteiger partial charge >= 0.3 is 5.97 Å². The highest BCUT2D eigenvalue weighted by molar-refractivity contribution is 7.89. The van der Waals surface area contributed by atoms with E-state index in [9.17, 15) is 22.4 Å². The molecule has 0 spiro atoms. The predicted molar refractivity (Wildman–Crippen MR) is 131 cm³/mol. The Morgan fingerprint density at radius 2 is 1.53 bits per heavy atom. The maximum Gasteiger partial charge on any atom is 0.343 e. The number of piperidine rings is 1. The third-order valence-corrected chi connectivity index (χ3v) is 8.20. The highest BCUT2D eigenvalue weighted by Crippen LogP contribution is 2.32. The van der Waals surface area contributed by atoms with E-state index in [1.165, 1.54) is 78.1 Å². The first-order valence-corrected chi connectivity index (χ1v) is 13.0. The Labute approximate surface area is 209 Å². The van der Waals surface area contributed by atoms with Crippen molar-refractivity contribution in [3.8, 4) is 11.5 Å². The van der Waals surface area contributed by atoms with Gasteiger partial charge in [0.25, 0.3) is 0 Å². The summed E-state index contributed by atoms with van der Waals surface area (Å²) in [4.78, 5) is 25.3. The maximum absolute atomic E-state index is 13.4. The summed E-state index contributed by atoms with van der Waals surface area (Å²) in [5.74, 6) is -1.16. The molecule has 0 N–H and O–H groups in total. The minimum absolute atomic E-state index is 0.0468. The molecule has 1 fully saturated rings. The molecule has 4 rings (SSSR count). The number of rotatable bonds is 7. The number of methoxy groups -OCH3 is 1. The maximum atomic E-state index is 13.4. The van der Waals surface area contributed by atoms with Crippen molar-refractivity contribution in [2.75, 3.05) is 13.7 Å². The van der Waals surface area contributed by atoms with Gasteiger partial charge in [-0.05, 0) is 86.5 Å². The summed E-state index contributed by atoms with van der Waals surface area (Å²) in [5.41, 5.74) is 0.719. The summed E-state index contributed by atoms with van der Waals surface area (Å²) in [6, 6.07) is 15.1. The van der Waals surface area contributed by atoms with Crippen molar-refractivity contribution >= 4 is 21.8 Å². The highest BCUT2D eigenvalue weighted by Gasteiger charge is 2.33. The van der Waals surface area contributed by atoms with E-state index in [-0.39, 0.29) is 33.8 Å². The third kappa shape index (κ3) is 5.32. The topological polar surface area (TPSA) is 90.0 Å². The van der Waals surface area contributed by atoms with E-state index < -0.39 is 21.8 Å². The monoisotopic (exact) mass is 511 g/mol. The molecule has 1 saturated heterocycles. The lowest BCUT2D eigenvalue weighted by Crippen LogP contribution is -2.42. The van der Waals surface area contributed by atoms with Crippen LogP contribution < -0.4 is 9.47 Å². The molecule has 9 heteroatoms. The lowest BCUT2D eigenvalue weighted by atomic mass is 10.0. The average molecular weight is 512 g/mol. The molecule has 1 aliphatic rings. The average Bonchev–Trinajstić information content (AvgIpc) is 2.89. The summed E-state index contributed by atoms with van der Waals surface area (Å²) >= 11 is 0. The molecule has 36 heavy (non-hydrogen) atoms. The quantitative estimate of drug-likeness (QED) is 0.256. The lowest BCUT2D eigenvalue weighted by molar-refractivity contribution is 0.0734. The molecular weight excluding hydrogens is 485 g/mol. The lowest BCUT2D eigenvalue weighted by Gasteiger charge is -2.32. The van der Waals surface area contributed by atoms with Gasteiger partial charge in [0.15, 0.2) is 5.78 Å². The Morgan fingerprint density at radius 1 is 0.917 bits per heavy atom. The number of ketones is 1. The predicted octanol–water partition coefficient (Wildman–Crippen LogP) is 4.85. The minimum atomic E-state index is -3.89. The number of carbonyl (C=O) groups excluding carboxylic acids is 2. The summed E-state index contributed by atoms with van der Waals surface area (Å²) in [7, 11) is -2.51. The minimum Gasteiger partial charge on any atom is -0.495 e. The molecule has 1 heterocycles. The highest BCUT2D eigenvalue weighted by atomic mass is 32.2. The molecule has 1 atom stereocenters. The fraction of sp³-hybridized carbons (Fsp3) is 0.259. The van der Waals surface area contributed by atoms with Crippen LogP contribution in [0.5, 0.6) is 11.5 Å². The number of halogens is 1. The number of ether oxygens (including phenoxy) is 2. The Hall–Kier alpha value is -3.56. The van der Waals surface area contributed by atoms with Gasteiger partial charge in [-0.1, -0.05) is 6.42 Å². The number of carbonyl (C=O) groups is 2. The van der Waals surface area contributed by atoms with E-state index in [0.29, 0.717) is 17.7 Å². The third-order valence-electron chi connectivity index (χ3n) is 6.16. The molecule has 0 bridgehead atoms. The van der Waals surface area contributed by atoms with Gasteiger partial charge in [-0.3, -0.25) is 4.79 Å². The van der Waals surface area contributed by atoms with Gasteiger partial charge < -0.3 is 9.47 Å². The molecule has 7 nitrogen and oxygen atoms in total. The number of esters is 1. The van der Waals surface area contributed by atoms with Crippen molar-refractivity contribution in [2.45, 2.75) is 37.1 Å². The van der Waals surface area contributed by atoms with E-state index in [1.54, 1.807) is 0 Å². The largest absolute Gasteiger partial charge is 0.495 e. The molecule has 0 amide bonds. The van der Waals surface area contributed by atoms with E-state index in [4.69, 9.17) is 9.47 Å². The van der Waals surface area contributed by atoms with E-state index in [2.05, 4.69) is 0 Å². The number of nitrogens with zero attached hydrogens (tertiary/aromatic N) is 1. The number of benzene rings is 3. The smallest absolute Gasteiger partial charge is 0.343 e. The van der Waals surface area contributed by atoms with Crippen molar-refractivity contribution < 1.29 is 31.9 Å². The van der Waals surface area contributed by atoms with Crippen LogP contribution in [0.15, 0.2) is 71.6 Å². The first-order chi connectivity index (χ1) is 17.2. The molecule has 3 aromatic carbocycles. The second-order valence-corrected chi connectivity index (χ2v) is 10.4. The molecule has 0 saturated carbocycles. The van der Waals surface area contributed by atoms with Crippen LogP contribution in [0.25, 0.3) is 0 Å². The number of sulfonamides is 1. The van der Waals surface area contributed by atoms with Crippen LogP contribution in [0.1, 0.15) is 52.5 Å². The number of hydrogen-bond donors (Lipinski definition) is 0. The summed E-state index contributed by atoms with van der Waals surface area (Å²) in [5, 5.41) is 0. The van der Waals surface area contributed by atoms with Crippen LogP contribution in [-0.2, 0) is 10.0 Å². The van der Waals surface area contributed by atoms with Crippen LogP contribution >= 0.6 is 0 Å². The van der Waals surface area contributed by atoms with Gasteiger partial charge in [-0.15, -0.1) is 0 Å². The molecule has 1 aliphatic heterocycles.